The van der Waals surface area contributed by atoms with Crippen molar-refractivity contribution in [3.05, 3.63) is 33.8 Å². The maximum Gasteiger partial charge on any atom is 0.416 e. The van der Waals surface area contributed by atoms with E-state index in [0.717, 1.165) is 31.7 Å². The fraction of sp³-hybridized carbons (Fsp3) is 0.429. The largest absolute Gasteiger partial charge is 0.416 e. The maximum atomic E-state index is 13.1. The predicted octanol–water partition coefficient (Wildman–Crippen LogP) is 3.64. The van der Waals surface area contributed by atoms with Crippen LogP contribution in [-0.4, -0.2) is 11.9 Å². The summed E-state index contributed by atoms with van der Waals surface area (Å²) in [5.41, 5.74) is 4.15. The standard InChI is InChI=1S/C14H15ClF3N3O/c15-11-9(7-3-1-2-4-7)5-8(14(16,17)18)6-10(11)12(22)21-13(19)20/h5-7H,1-4H2,(H4,19,20,21,22). The molecule has 0 saturated heterocycles. The third-order valence-electron chi connectivity index (χ3n) is 3.72. The van der Waals surface area contributed by atoms with E-state index in [9.17, 15) is 18.0 Å². The van der Waals surface area contributed by atoms with Crippen LogP contribution in [0.4, 0.5) is 13.2 Å². The summed E-state index contributed by atoms with van der Waals surface area (Å²) in [5.74, 6) is -1.65. The third-order valence-corrected chi connectivity index (χ3v) is 4.14. The molecule has 8 heteroatoms. The monoisotopic (exact) mass is 333 g/mol. The lowest BCUT2D eigenvalue weighted by Gasteiger charge is -2.18. The minimum atomic E-state index is -4.58. The number of benzene rings is 1. The first-order chi connectivity index (χ1) is 10.2. The number of nitrogens with two attached hydrogens (primary N) is 1. The van der Waals surface area contributed by atoms with Crippen LogP contribution >= 0.6 is 11.6 Å². The Hall–Kier alpha value is -1.76. The van der Waals surface area contributed by atoms with Gasteiger partial charge in [0.15, 0.2) is 5.96 Å². The van der Waals surface area contributed by atoms with Gasteiger partial charge >= 0.3 is 6.18 Å². The molecule has 1 saturated carbocycles. The molecule has 1 amide bonds. The van der Waals surface area contributed by atoms with E-state index >= 15 is 0 Å². The zero-order chi connectivity index (χ0) is 16.5. The lowest BCUT2D eigenvalue weighted by molar-refractivity contribution is -0.137. The van der Waals surface area contributed by atoms with Crippen LogP contribution in [0.25, 0.3) is 0 Å². The zero-order valence-electron chi connectivity index (χ0n) is 11.6. The highest BCUT2D eigenvalue weighted by Crippen LogP contribution is 2.42. The number of nitrogens with one attached hydrogen (secondary N) is 2. The maximum absolute atomic E-state index is 13.1. The minimum Gasteiger partial charge on any atom is -0.370 e. The van der Waals surface area contributed by atoms with Gasteiger partial charge < -0.3 is 5.73 Å². The van der Waals surface area contributed by atoms with Crippen LogP contribution in [0.2, 0.25) is 5.02 Å². The van der Waals surface area contributed by atoms with Gasteiger partial charge in [-0.25, -0.2) is 0 Å². The minimum absolute atomic E-state index is 0.00125. The Labute approximate surface area is 130 Å². The smallest absolute Gasteiger partial charge is 0.370 e. The topological polar surface area (TPSA) is 79.0 Å². The van der Waals surface area contributed by atoms with Crippen molar-refractivity contribution in [1.29, 1.82) is 5.41 Å². The van der Waals surface area contributed by atoms with Crippen molar-refractivity contribution >= 4 is 23.5 Å². The summed E-state index contributed by atoms with van der Waals surface area (Å²) >= 11 is 6.15. The molecule has 2 rings (SSSR count). The van der Waals surface area contributed by atoms with Crippen molar-refractivity contribution in [2.24, 2.45) is 5.73 Å². The SMILES string of the molecule is N=C(N)NC(=O)c1cc(C(F)(F)F)cc(C2CCCC2)c1Cl. The Morgan fingerprint density at radius 1 is 1.32 bits per heavy atom. The van der Waals surface area contributed by atoms with Crippen LogP contribution in [0.1, 0.15) is 53.1 Å². The highest BCUT2D eigenvalue weighted by Gasteiger charge is 2.34. The zero-order valence-corrected chi connectivity index (χ0v) is 12.3. The van der Waals surface area contributed by atoms with E-state index in [4.69, 9.17) is 22.7 Å². The number of alkyl halides is 3. The van der Waals surface area contributed by atoms with Crippen LogP contribution in [0, 0.1) is 5.41 Å². The molecule has 0 spiro atoms. The molecule has 1 aromatic carbocycles. The molecule has 0 aliphatic heterocycles. The molecule has 0 unspecified atom stereocenters. The Balaban J connectivity index is 2.53. The molecule has 0 bridgehead atoms. The van der Waals surface area contributed by atoms with Crippen LogP contribution in [0.3, 0.4) is 0 Å². The van der Waals surface area contributed by atoms with Gasteiger partial charge in [-0.15, -0.1) is 0 Å². The second kappa shape index (κ2) is 6.16. The second-order valence-electron chi connectivity index (χ2n) is 5.27. The van der Waals surface area contributed by atoms with E-state index in [1.807, 2.05) is 5.32 Å². The molecule has 0 atom stereocenters. The van der Waals surface area contributed by atoms with Crippen molar-refractivity contribution in [1.82, 2.24) is 5.32 Å². The van der Waals surface area contributed by atoms with Gasteiger partial charge in [0.05, 0.1) is 16.1 Å². The first-order valence-electron chi connectivity index (χ1n) is 6.76. The van der Waals surface area contributed by atoms with E-state index in [-0.39, 0.29) is 16.5 Å². The first kappa shape index (κ1) is 16.6. The lowest BCUT2D eigenvalue weighted by atomic mass is 9.93. The van der Waals surface area contributed by atoms with Crippen LogP contribution in [0.15, 0.2) is 12.1 Å². The van der Waals surface area contributed by atoms with E-state index in [1.165, 1.54) is 0 Å². The van der Waals surface area contributed by atoms with Crippen LogP contribution in [0.5, 0.6) is 0 Å². The van der Waals surface area contributed by atoms with Crippen LogP contribution in [-0.2, 0) is 6.18 Å². The molecule has 1 aliphatic rings. The average Bonchev–Trinajstić information content (AvgIpc) is 2.90. The number of rotatable bonds is 2. The number of amides is 1. The molecule has 4 nitrogen and oxygen atoms in total. The number of hydrogen-bond acceptors (Lipinski definition) is 2. The Kier molecular flexibility index (Phi) is 4.65. The number of guanidine groups is 1. The molecular weight excluding hydrogens is 319 g/mol. The third kappa shape index (κ3) is 3.52. The first-order valence-corrected chi connectivity index (χ1v) is 7.14. The summed E-state index contributed by atoms with van der Waals surface area (Å²) in [6.45, 7) is 0. The normalized spacial score (nSPS) is 15.8. The van der Waals surface area contributed by atoms with Gasteiger partial charge in [-0.3, -0.25) is 15.5 Å². The molecule has 1 aromatic rings. The van der Waals surface area contributed by atoms with Crippen molar-refractivity contribution in [2.45, 2.75) is 37.8 Å². The van der Waals surface area contributed by atoms with E-state index in [0.29, 0.717) is 11.6 Å². The number of halogens is 4. The Bertz CT molecular complexity index is 610. The quantitative estimate of drug-likeness (QED) is 0.570. The van der Waals surface area contributed by atoms with Crippen LogP contribution < -0.4 is 11.1 Å². The number of hydrogen-bond donors (Lipinski definition) is 3. The summed E-state index contributed by atoms with van der Waals surface area (Å²) < 4.78 is 39.2. The summed E-state index contributed by atoms with van der Waals surface area (Å²) in [6, 6.07) is 1.71. The molecule has 1 fully saturated rings. The van der Waals surface area contributed by atoms with E-state index in [2.05, 4.69) is 0 Å². The van der Waals surface area contributed by atoms with Crippen molar-refractivity contribution < 1.29 is 18.0 Å². The summed E-state index contributed by atoms with van der Waals surface area (Å²) in [4.78, 5) is 11.9. The molecule has 4 N–H and O–H groups in total. The van der Waals surface area contributed by atoms with Crippen molar-refractivity contribution in [3.8, 4) is 0 Å². The molecule has 120 valence electrons. The highest BCUT2D eigenvalue weighted by molar-refractivity contribution is 6.35. The predicted molar refractivity (Wildman–Crippen MR) is 77.0 cm³/mol. The molecule has 0 aromatic heterocycles. The molecule has 0 heterocycles. The van der Waals surface area contributed by atoms with Gasteiger partial charge in [-0.2, -0.15) is 13.2 Å². The van der Waals surface area contributed by atoms with Gasteiger partial charge in [-0.05, 0) is 36.5 Å². The van der Waals surface area contributed by atoms with Crippen molar-refractivity contribution in [3.63, 3.8) is 0 Å². The number of carbonyl (C=O) groups is 1. The average molecular weight is 334 g/mol. The second-order valence-corrected chi connectivity index (χ2v) is 5.65. The van der Waals surface area contributed by atoms with Crippen molar-refractivity contribution in [2.75, 3.05) is 0 Å². The fourth-order valence-electron chi connectivity index (χ4n) is 2.70. The number of carbonyl (C=O) groups excluding carboxylic acids is 1. The van der Waals surface area contributed by atoms with E-state index < -0.39 is 23.6 Å². The molecule has 0 radical (unpaired) electrons. The highest BCUT2D eigenvalue weighted by atomic mass is 35.5. The van der Waals surface area contributed by atoms with Gasteiger partial charge in [-0.1, -0.05) is 24.4 Å². The summed E-state index contributed by atoms with van der Waals surface area (Å²) in [6.07, 6.45) is -1.24. The van der Waals surface area contributed by atoms with Gasteiger partial charge in [0, 0.05) is 0 Å². The lowest BCUT2D eigenvalue weighted by Crippen LogP contribution is -2.36. The molecule has 1 aliphatic carbocycles. The summed E-state index contributed by atoms with van der Waals surface area (Å²) in [7, 11) is 0. The Morgan fingerprint density at radius 2 is 1.91 bits per heavy atom. The van der Waals surface area contributed by atoms with E-state index in [1.54, 1.807) is 0 Å². The molecular formula is C14H15ClF3N3O. The summed E-state index contributed by atoms with van der Waals surface area (Å²) in [5, 5.41) is 8.99. The molecule has 22 heavy (non-hydrogen) atoms. The Morgan fingerprint density at radius 3 is 2.41 bits per heavy atom. The fourth-order valence-corrected chi connectivity index (χ4v) is 3.05. The van der Waals surface area contributed by atoms with Gasteiger partial charge in [0.1, 0.15) is 0 Å². The van der Waals surface area contributed by atoms with Gasteiger partial charge in [0.25, 0.3) is 5.91 Å². The van der Waals surface area contributed by atoms with Gasteiger partial charge in [0.2, 0.25) is 0 Å².